The zero-order valence-corrected chi connectivity index (χ0v) is 10.9. The van der Waals surface area contributed by atoms with Crippen LogP contribution in [0.15, 0.2) is 29.6 Å². The van der Waals surface area contributed by atoms with Crippen molar-refractivity contribution in [2.75, 3.05) is 7.11 Å². The van der Waals surface area contributed by atoms with E-state index >= 15 is 0 Å². The lowest BCUT2D eigenvalue weighted by Gasteiger charge is -2.07. The number of rotatable bonds is 5. The average Bonchev–Trinajstić information content (AvgIpc) is 2.72. The number of carbonyl (C=O) groups excluding carboxylic acids is 1. The minimum absolute atomic E-state index is 0.00685. The molecule has 2 aromatic rings. The molecule has 17 heavy (non-hydrogen) atoms. The molecule has 0 aliphatic heterocycles. The van der Waals surface area contributed by atoms with Crippen molar-refractivity contribution in [1.29, 1.82) is 0 Å². The molecule has 90 valence electrons. The zero-order chi connectivity index (χ0) is 12.3. The Kier molecular flexibility index (Phi) is 3.92. The quantitative estimate of drug-likeness (QED) is 0.810. The molecule has 0 fully saturated rings. The second kappa shape index (κ2) is 5.43. The Morgan fingerprint density at radius 3 is 2.94 bits per heavy atom. The van der Waals surface area contributed by atoms with E-state index in [0.717, 1.165) is 5.56 Å². The van der Waals surface area contributed by atoms with Gasteiger partial charge in [-0.3, -0.25) is 4.79 Å². The summed E-state index contributed by atoms with van der Waals surface area (Å²) in [4.78, 5) is 11.8. The lowest BCUT2D eigenvalue weighted by atomic mass is 10.0. The van der Waals surface area contributed by atoms with E-state index in [2.05, 4.69) is 17.5 Å². The van der Waals surface area contributed by atoms with Crippen molar-refractivity contribution < 1.29 is 9.53 Å². The van der Waals surface area contributed by atoms with Gasteiger partial charge in [-0.2, -0.15) is 0 Å². The molecule has 0 saturated carbocycles. The summed E-state index contributed by atoms with van der Waals surface area (Å²) in [6, 6.07) is 8.21. The van der Waals surface area contributed by atoms with E-state index in [4.69, 9.17) is 4.74 Å². The van der Waals surface area contributed by atoms with Crippen molar-refractivity contribution in [3.05, 3.63) is 35.2 Å². The van der Waals surface area contributed by atoms with E-state index in [1.807, 2.05) is 19.1 Å². The van der Waals surface area contributed by atoms with Gasteiger partial charge in [0, 0.05) is 24.7 Å². The first-order valence-corrected chi connectivity index (χ1v) is 6.58. The summed E-state index contributed by atoms with van der Waals surface area (Å²) in [6.45, 7) is 1.92. The van der Waals surface area contributed by atoms with Gasteiger partial charge in [-0.15, -0.1) is 11.3 Å². The van der Waals surface area contributed by atoms with Crippen molar-refractivity contribution in [2.24, 2.45) is 0 Å². The van der Waals surface area contributed by atoms with E-state index in [1.54, 1.807) is 18.4 Å². The SMILES string of the molecule is COC(C)CC(=O)Cc1csc2ccccc12. The summed E-state index contributed by atoms with van der Waals surface area (Å²) < 4.78 is 6.35. The van der Waals surface area contributed by atoms with E-state index in [0.29, 0.717) is 12.8 Å². The number of Topliss-reactive ketones (excluding diaryl/α,β-unsaturated/α-hetero) is 1. The van der Waals surface area contributed by atoms with Gasteiger partial charge in [0.2, 0.25) is 0 Å². The maximum Gasteiger partial charge on any atom is 0.139 e. The van der Waals surface area contributed by atoms with Gasteiger partial charge in [0.05, 0.1) is 6.10 Å². The topological polar surface area (TPSA) is 26.3 Å². The van der Waals surface area contributed by atoms with Gasteiger partial charge in [0.25, 0.3) is 0 Å². The lowest BCUT2D eigenvalue weighted by Crippen LogP contribution is -2.13. The van der Waals surface area contributed by atoms with Gasteiger partial charge >= 0.3 is 0 Å². The minimum atomic E-state index is 0.00685. The molecule has 1 atom stereocenters. The Morgan fingerprint density at radius 1 is 1.41 bits per heavy atom. The van der Waals surface area contributed by atoms with Crippen LogP contribution >= 0.6 is 11.3 Å². The molecule has 0 radical (unpaired) electrons. The van der Waals surface area contributed by atoms with Gasteiger partial charge < -0.3 is 4.74 Å². The zero-order valence-electron chi connectivity index (χ0n) is 10.1. The van der Waals surface area contributed by atoms with Gasteiger partial charge in [-0.25, -0.2) is 0 Å². The summed E-state index contributed by atoms with van der Waals surface area (Å²) in [7, 11) is 1.64. The Labute approximate surface area is 105 Å². The van der Waals surface area contributed by atoms with Crippen LogP contribution in [0.4, 0.5) is 0 Å². The first-order valence-electron chi connectivity index (χ1n) is 5.70. The number of fused-ring (bicyclic) bond motifs is 1. The van der Waals surface area contributed by atoms with Crippen molar-refractivity contribution in [2.45, 2.75) is 25.9 Å². The maximum atomic E-state index is 11.8. The Bertz CT molecular complexity index is 516. The summed E-state index contributed by atoms with van der Waals surface area (Å²) in [5, 5.41) is 3.29. The van der Waals surface area contributed by atoms with E-state index in [9.17, 15) is 4.79 Å². The predicted molar refractivity (Wildman–Crippen MR) is 71.6 cm³/mol. The summed E-state index contributed by atoms with van der Waals surface area (Å²) in [5.74, 6) is 0.239. The largest absolute Gasteiger partial charge is 0.381 e. The molecule has 0 spiro atoms. The number of ketones is 1. The minimum Gasteiger partial charge on any atom is -0.381 e. The molecular weight excluding hydrogens is 232 g/mol. The smallest absolute Gasteiger partial charge is 0.139 e. The molecule has 1 aromatic carbocycles. The Hall–Kier alpha value is -1.19. The van der Waals surface area contributed by atoms with Crippen molar-refractivity contribution in [1.82, 2.24) is 0 Å². The number of methoxy groups -OCH3 is 1. The average molecular weight is 248 g/mol. The van der Waals surface area contributed by atoms with Crippen LogP contribution in [-0.2, 0) is 16.0 Å². The summed E-state index contributed by atoms with van der Waals surface area (Å²) in [5.41, 5.74) is 1.14. The molecule has 2 rings (SSSR count). The first-order chi connectivity index (χ1) is 8.20. The van der Waals surface area contributed by atoms with Crippen LogP contribution in [0.2, 0.25) is 0 Å². The summed E-state index contributed by atoms with van der Waals surface area (Å²) >= 11 is 1.70. The highest BCUT2D eigenvalue weighted by atomic mass is 32.1. The van der Waals surface area contributed by atoms with Crippen molar-refractivity contribution >= 4 is 27.2 Å². The molecule has 0 saturated heterocycles. The summed E-state index contributed by atoms with van der Waals surface area (Å²) in [6.07, 6.45) is 1.01. The van der Waals surface area contributed by atoms with Gasteiger partial charge in [0.15, 0.2) is 0 Å². The molecule has 0 aliphatic rings. The van der Waals surface area contributed by atoms with Crippen LogP contribution in [0.3, 0.4) is 0 Å². The molecule has 0 bridgehead atoms. The number of ether oxygens (including phenoxy) is 1. The molecule has 0 amide bonds. The monoisotopic (exact) mass is 248 g/mol. The van der Waals surface area contributed by atoms with Gasteiger partial charge in [0.1, 0.15) is 5.78 Å². The fourth-order valence-electron chi connectivity index (χ4n) is 1.86. The molecule has 1 heterocycles. The standard InChI is InChI=1S/C14H16O2S/c1-10(16-2)7-12(15)8-11-9-17-14-6-4-3-5-13(11)14/h3-6,9-10H,7-8H2,1-2H3. The number of carbonyl (C=O) groups is 1. The van der Waals surface area contributed by atoms with Gasteiger partial charge in [-0.05, 0) is 29.3 Å². The van der Waals surface area contributed by atoms with Crippen molar-refractivity contribution in [3.8, 4) is 0 Å². The second-order valence-electron chi connectivity index (χ2n) is 4.22. The fourth-order valence-corrected chi connectivity index (χ4v) is 2.82. The third-order valence-electron chi connectivity index (χ3n) is 2.87. The number of thiophene rings is 1. The van der Waals surface area contributed by atoms with Crippen LogP contribution in [-0.4, -0.2) is 19.0 Å². The van der Waals surface area contributed by atoms with E-state index < -0.39 is 0 Å². The van der Waals surface area contributed by atoms with Crippen LogP contribution in [0, 0.1) is 0 Å². The predicted octanol–water partition coefficient (Wildman–Crippen LogP) is 3.44. The lowest BCUT2D eigenvalue weighted by molar-refractivity contribution is -0.120. The number of hydrogen-bond donors (Lipinski definition) is 0. The maximum absolute atomic E-state index is 11.8. The normalized spacial score (nSPS) is 12.8. The Morgan fingerprint density at radius 2 is 2.18 bits per heavy atom. The van der Waals surface area contributed by atoms with Crippen LogP contribution < -0.4 is 0 Å². The highest BCUT2D eigenvalue weighted by Crippen LogP contribution is 2.26. The first kappa shape index (κ1) is 12.3. The molecule has 3 heteroatoms. The highest BCUT2D eigenvalue weighted by molar-refractivity contribution is 7.17. The molecule has 1 unspecified atom stereocenters. The third-order valence-corrected chi connectivity index (χ3v) is 3.88. The van der Waals surface area contributed by atoms with Crippen LogP contribution in [0.5, 0.6) is 0 Å². The Balaban J connectivity index is 2.11. The molecule has 1 aromatic heterocycles. The molecule has 2 nitrogen and oxygen atoms in total. The van der Waals surface area contributed by atoms with Gasteiger partial charge in [-0.1, -0.05) is 18.2 Å². The number of hydrogen-bond acceptors (Lipinski definition) is 3. The fraction of sp³-hybridized carbons (Fsp3) is 0.357. The highest BCUT2D eigenvalue weighted by Gasteiger charge is 2.11. The van der Waals surface area contributed by atoms with E-state index in [-0.39, 0.29) is 11.9 Å². The van der Waals surface area contributed by atoms with Crippen LogP contribution in [0.25, 0.3) is 10.1 Å². The third kappa shape index (κ3) is 2.93. The number of benzene rings is 1. The molecule has 0 aliphatic carbocycles. The van der Waals surface area contributed by atoms with E-state index in [1.165, 1.54) is 10.1 Å². The van der Waals surface area contributed by atoms with Crippen LogP contribution in [0.1, 0.15) is 18.9 Å². The van der Waals surface area contributed by atoms with Crippen molar-refractivity contribution in [3.63, 3.8) is 0 Å². The molecular formula is C14H16O2S. The molecule has 0 N–H and O–H groups in total. The second-order valence-corrected chi connectivity index (χ2v) is 5.13.